The highest BCUT2D eigenvalue weighted by atomic mass is 16.5. The number of piperidine rings is 1. The summed E-state index contributed by atoms with van der Waals surface area (Å²) in [6.45, 7) is 6.07. The number of carboxylic acid groups (broad SMARTS) is 2. The zero-order valence-corrected chi connectivity index (χ0v) is 15.4. The molecular weight excluding hydrogens is 350 g/mol. The van der Waals surface area contributed by atoms with Crippen LogP contribution in [-0.2, 0) is 14.3 Å². The maximum atomic E-state index is 9.55. The first-order valence-corrected chi connectivity index (χ1v) is 9.11. The molecule has 2 heterocycles. The third-order valence-electron chi connectivity index (χ3n) is 4.48. The molecule has 0 aliphatic carbocycles. The predicted molar refractivity (Wildman–Crippen MR) is 99.9 cm³/mol. The Morgan fingerprint density at radius 3 is 2.11 bits per heavy atom. The van der Waals surface area contributed by atoms with E-state index in [2.05, 4.69) is 4.90 Å². The summed E-state index contributed by atoms with van der Waals surface area (Å²) in [5.74, 6) is -1.55. The van der Waals surface area contributed by atoms with Gasteiger partial charge in [-0.05, 0) is 38.1 Å². The molecular formula is C20H27NO6. The number of para-hydroxylation sites is 1. The van der Waals surface area contributed by atoms with Crippen molar-refractivity contribution in [3.8, 4) is 5.75 Å². The highest BCUT2D eigenvalue weighted by molar-refractivity contribution is 5.89. The van der Waals surface area contributed by atoms with Crippen molar-refractivity contribution in [2.45, 2.75) is 19.3 Å². The van der Waals surface area contributed by atoms with E-state index in [0.29, 0.717) is 12.2 Å². The van der Waals surface area contributed by atoms with E-state index < -0.39 is 11.9 Å². The Morgan fingerprint density at radius 1 is 1.04 bits per heavy atom. The van der Waals surface area contributed by atoms with Crippen LogP contribution in [0.5, 0.6) is 5.75 Å². The molecule has 2 fully saturated rings. The molecule has 2 N–H and O–H groups in total. The molecule has 7 nitrogen and oxygen atoms in total. The van der Waals surface area contributed by atoms with Gasteiger partial charge in [0.05, 0.1) is 25.2 Å². The maximum absolute atomic E-state index is 9.55. The van der Waals surface area contributed by atoms with Crippen molar-refractivity contribution in [2.24, 2.45) is 5.41 Å². The Labute approximate surface area is 159 Å². The predicted octanol–water partition coefficient (Wildman–Crippen LogP) is 2.28. The maximum Gasteiger partial charge on any atom is 0.328 e. The molecule has 0 amide bonds. The summed E-state index contributed by atoms with van der Waals surface area (Å²) in [7, 11) is 0. The lowest BCUT2D eigenvalue weighted by atomic mass is 9.85. The molecule has 0 radical (unpaired) electrons. The minimum atomic E-state index is -1.26. The average molecular weight is 377 g/mol. The highest BCUT2D eigenvalue weighted by Crippen LogP contribution is 2.30. The molecule has 7 heteroatoms. The van der Waals surface area contributed by atoms with Crippen molar-refractivity contribution >= 4 is 11.9 Å². The summed E-state index contributed by atoms with van der Waals surface area (Å²) in [5.41, 5.74) is 0.215. The van der Waals surface area contributed by atoms with Crippen molar-refractivity contribution in [3.63, 3.8) is 0 Å². The number of likely N-dealkylation sites (tertiary alicyclic amines) is 1. The Hall–Kier alpha value is -2.38. The van der Waals surface area contributed by atoms with Gasteiger partial charge in [-0.1, -0.05) is 24.6 Å². The molecule has 27 heavy (non-hydrogen) atoms. The fraction of sp³-hybridized carbons (Fsp3) is 0.500. The molecule has 0 bridgehead atoms. The zero-order chi connectivity index (χ0) is 19.5. The molecule has 2 aliphatic heterocycles. The van der Waals surface area contributed by atoms with Crippen LogP contribution in [0.15, 0.2) is 42.5 Å². The molecule has 148 valence electrons. The van der Waals surface area contributed by atoms with Gasteiger partial charge in [-0.3, -0.25) is 0 Å². The summed E-state index contributed by atoms with van der Waals surface area (Å²) >= 11 is 0. The van der Waals surface area contributed by atoms with Crippen LogP contribution in [0, 0.1) is 5.41 Å². The Morgan fingerprint density at radius 2 is 1.63 bits per heavy atom. The van der Waals surface area contributed by atoms with E-state index in [9.17, 15) is 9.59 Å². The quantitative estimate of drug-likeness (QED) is 0.704. The standard InChI is InChI=1S/C16H23NO2.C4H4O4/c1-3-7-15(8-4-1)19-14-16(12-18-13-16)11-17-9-5-2-6-10-17;5-3(6)1-2-4(7)8/h1,3-4,7-8H,2,5-6,9-14H2;1-2H,(H,5,6)(H,7,8)/b;2-1-. The van der Waals surface area contributed by atoms with Gasteiger partial charge in [-0.15, -0.1) is 0 Å². The van der Waals surface area contributed by atoms with Gasteiger partial charge in [0.25, 0.3) is 0 Å². The lowest BCUT2D eigenvalue weighted by Gasteiger charge is -2.45. The number of ether oxygens (including phenoxy) is 2. The summed E-state index contributed by atoms with van der Waals surface area (Å²) in [6.07, 6.45) is 5.19. The van der Waals surface area contributed by atoms with E-state index in [4.69, 9.17) is 19.7 Å². The monoisotopic (exact) mass is 377 g/mol. The summed E-state index contributed by atoms with van der Waals surface area (Å²) in [5, 5.41) is 15.6. The number of carboxylic acids is 2. The van der Waals surface area contributed by atoms with E-state index in [-0.39, 0.29) is 5.41 Å². The van der Waals surface area contributed by atoms with Crippen LogP contribution in [0.3, 0.4) is 0 Å². The number of aliphatic carboxylic acids is 2. The van der Waals surface area contributed by atoms with Crippen molar-refractivity contribution in [1.29, 1.82) is 0 Å². The van der Waals surface area contributed by atoms with E-state index in [1.165, 1.54) is 32.4 Å². The van der Waals surface area contributed by atoms with Crippen LogP contribution in [0.1, 0.15) is 19.3 Å². The van der Waals surface area contributed by atoms with Gasteiger partial charge >= 0.3 is 11.9 Å². The van der Waals surface area contributed by atoms with Crippen LogP contribution < -0.4 is 4.74 Å². The lowest BCUT2D eigenvalue weighted by Crippen LogP contribution is -2.55. The first-order valence-electron chi connectivity index (χ1n) is 9.11. The fourth-order valence-electron chi connectivity index (χ4n) is 3.10. The third kappa shape index (κ3) is 7.80. The van der Waals surface area contributed by atoms with E-state index >= 15 is 0 Å². The van der Waals surface area contributed by atoms with E-state index in [1.54, 1.807) is 0 Å². The van der Waals surface area contributed by atoms with Crippen LogP contribution in [0.4, 0.5) is 0 Å². The second kappa shape index (κ2) is 10.7. The molecule has 0 unspecified atom stereocenters. The van der Waals surface area contributed by atoms with Gasteiger partial charge in [0.15, 0.2) is 0 Å². The van der Waals surface area contributed by atoms with Crippen LogP contribution in [0.25, 0.3) is 0 Å². The van der Waals surface area contributed by atoms with Crippen LogP contribution in [-0.4, -0.2) is 66.5 Å². The molecule has 0 aromatic heterocycles. The first-order chi connectivity index (χ1) is 13.0. The summed E-state index contributed by atoms with van der Waals surface area (Å²) < 4.78 is 11.4. The number of rotatable bonds is 7. The third-order valence-corrected chi connectivity index (χ3v) is 4.48. The molecule has 0 saturated carbocycles. The molecule has 3 rings (SSSR count). The largest absolute Gasteiger partial charge is 0.493 e. The normalized spacial score (nSPS) is 18.8. The minimum Gasteiger partial charge on any atom is -0.493 e. The molecule has 1 aromatic carbocycles. The fourth-order valence-corrected chi connectivity index (χ4v) is 3.10. The average Bonchev–Trinajstić information content (AvgIpc) is 2.64. The highest BCUT2D eigenvalue weighted by Gasteiger charge is 2.41. The molecule has 0 atom stereocenters. The van der Waals surface area contributed by atoms with Crippen molar-refractivity contribution < 1.29 is 29.3 Å². The van der Waals surface area contributed by atoms with Crippen LogP contribution >= 0.6 is 0 Å². The second-order valence-corrected chi connectivity index (χ2v) is 6.94. The summed E-state index contributed by atoms with van der Waals surface area (Å²) in [4.78, 5) is 21.7. The SMILES string of the molecule is O=C(O)/C=C\C(=O)O.c1ccc(OCC2(CN3CCCCC3)COC2)cc1. The first kappa shape index (κ1) is 20.9. The number of hydrogen-bond donors (Lipinski definition) is 2. The molecule has 2 aliphatic rings. The number of nitrogens with zero attached hydrogens (tertiary/aromatic N) is 1. The smallest absolute Gasteiger partial charge is 0.328 e. The number of hydrogen-bond acceptors (Lipinski definition) is 5. The number of benzene rings is 1. The van der Waals surface area contributed by atoms with Crippen molar-refractivity contribution in [2.75, 3.05) is 39.5 Å². The van der Waals surface area contributed by atoms with Gasteiger partial charge in [0.1, 0.15) is 5.75 Å². The number of carbonyl (C=O) groups is 2. The van der Waals surface area contributed by atoms with Gasteiger partial charge in [0.2, 0.25) is 0 Å². The molecule has 0 spiro atoms. The van der Waals surface area contributed by atoms with Crippen molar-refractivity contribution in [1.82, 2.24) is 4.90 Å². The Bertz CT molecular complexity index is 605. The lowest BCUT2D eigenvalue weighted by molar-refractivity contribution is -0.145. The zero-order valence-electron chi connectivity index (χ0n) is 15.4. The van der Waals surface area contributed by atoms with Gasteiger partial charge < -0.3 is 24.6 Å². The van der Waals surface area contributed by atoms with Gasteiger partial charge in [-0.25, -0.2) is 9.59 Å². The van der Waals surface area contributed by atoms with E-state index in [0.717, 1.165) is 32.1 Å². The van der Waals surface area contributed by atoms with Crippen molar-refractivity contribution in [3.05, 3.63) is 42.5 Å². The molecule has 1 aromatic rings. The van der Waals surface area contributed by atoms with Crippen LogP contribution in [0.2, 0.25) is 0 Å². The second-order valence-electron chi connectivity index (χ2n) is 6.94. The van der Waals surface area contributed by atoms with Gasteiger partial charge in [-0.2, -0.15) is 0 Å². The Balaban J connectivity index is 0.000000279. The summed E-state index contributed by atoms with van der Waals surface area (Å²) in [6, 6.07) is 10.1. The van der Waals surface area contributed by atoms with E-state index in [1.807, 2.05) is 30.3 Å². The van der Waals surface area contributed by atoms with Gasteiger partial charge in [0, 0.05) is 18.7 Å². The molecule has 2 saturated heterocycles. The Kier molecular flexibility index (Phi) is 8.29. The topological polar surface area (TPSA) is 96.3 Å². The minimum absolute atomic E-state index is 0.215.